The van der Waals surface area contributed by atoms with Gasteiger partial charge in [0.05, 0.1) is 26.0 Å². The van der Waals surface area contributed by atoms with Gasteiger partial charge in [0, 0.05) is 19.3 Å². The Balaban J connectivity index is 2.04. The third-order valence-corrected chi connectivity index (χ3v) is 2.20. The maximum absolute atomic E-state index is 5.80. The number of nitrogens with two attached hydrogens (primary N) is 1. The smallest absolute Gasteiger partial charge is 0.138 e. The number of hydrogen-bond donors (Lipinski definition) is 1. The summed E-state index contributed by atoms with van der Waals surface area (Å²) in [5, 5.41) is 1.71. The van der Waals surface area contributed by atoms with Crippen LogP contribution >= 0.6 is 0 Å². The van der Waals surface area contributed by atoms with Gasteiger partial charge in [0.15, 0.2) is 0 Å². The highest BCUT2D eigenvalue weighted by Crippen LogP contribution is 2.11. The summed E-state index contributed by atoms with van der Waals surface area (Å²) in [6.07, 6.45) is 3.60. The summed E-state index contributed by atoms with van der Waals surface area (Å²) in [6.45, 7) is 4.02. The van der Waals surface area contributed by atoms with Crippen molar-refractivity contribution < 1.29 is 4.74 Å². The summed E-state index contributed by atoms with van der Waals surface area (Å²) in [4.78, 5) is 6.29. The molecule has 0 aliphatic carbocycles. The molecule has 0 bridgehead atoms. The molecule has 0 radical (unpaired) electrons. The molecule has 2 aliphatic heterocycles. The summed E-state index contributed by atoms with van der Waals surface area (Å²) in [5.41, 5.74) is 0. The first-order chi connectivity index (χ1) is 6.38. The molecule has 2 rings (SSSR count). The molecule has 2 N–H and O–H groups in total. The predicted molar refractivity (Wildman–Crippen MR) is 49.9 cm³/mol. The first-order valence-corrected chi connectivity index (χ1v) is 4.44. The molecule has 0 aromatic carbocycles. The van der Waals surface area contributed by atoms with Gasteiger partial charge in [-0.2, -0.15) is 0 Å². The highest BCUT2D eigenvalue weighted by Gasteiger charge is 2.17. The fourth-order valence-electron chi connectivity index (χ4n) is 1.48. The van der Waals surface area contributed by atoms with Gasteiger partial charge in [-0.25, -0.2) is 5.84 Å². The lowest BCUT2D eigenvalue weighted by Gasteiger charge is -2.35. The van der Waals surface area contributed by atoms with Gasteiger partial charge in [0.1, 0.15) is 5.82 Å². The Kier molecular flexibility index (Phi) is 2.47. The number of hydrazine groups is 1. The van der Waals surface area contributed by atoms with E-state index in [1.165, 1.54) is 0 Å². The van der Waals surface area contributed by atoms with E-state index >= 15 is 0 Å². The molecule has 2 aliphatic rings. The van der Waals surface area contributed by atoms with Gasteiger partial charge in [0.2, 0.25) is 0 Å². The minimum Gasteiger partial charge on any atom is -0.378 e. The van der Waals surface area contributed by atoms with Crippen molar-refractivity contribution in [1.82, 2.24) is 9.91 Å². The van der Waals surface area contributed by atoms with Crippen molar-refractivity contribution in [2.45, 2.75) is 0 Å². The molecule has 1 fully saturated rings. The molecule has 13 heavy (non-hydrogen) atoms. The Morgan fingerprint density at radius 1 is 1.38 bits per heavy atom. The van der Waals surface area contributed by atoms with Crippen LogP contribution in [0.5, 0.6) is 0 Å². The lowest BCUT2D eigenvalue weighted by molar-refractivity contribution is 0.0386. The molecule has 72 valence electrons. The quantitative estimate of drug-likeness (QED) is 0.549. The van der Waals surface area contributed by atoms with E-state index in [1.54, 1.807) is 17.4 Å². The normalized spacial score (nSPS) is 23.3. The van der Waals surface area contributed by atoms with Gasteiger partial charge in [0.25, 0.3) is 0 Å². The third kappa shape index (κ3) is 1.81. The minimum atomic E-state index is 0.684. The average Bonchev–Trinajstić information content (AvgIpc) is 2.20. The van der Waals surface area contributed by atoms with E-state index in [-0.39, 0.29) is 0 Å². The van der Waals surface area contributed by atoms with Crippen molar-refractivity contribution >= 4 is 6.21 Å². The zero-order valence-corrected chi connectivity index (χ0v) is 7.52. The van der Waals surface area contributed by atoms with Crippen molar-refractivity contribution in [2.75, 3.05) is 32.8 Å². The van der Waals surface area contributed by atoms with E-state index < -0.39 is 0 Å². The Bertz CT molecular complexity index is 232. The highest BCUT2D eigenvalue weighted by molar-refractivity contribution is 5.62. The molecular formula is C8H14N4O. The summed E-state index contributed by atoms with van der Waals surface area (Å²) in [5.74, 6) is 6.79. The van der Waals surface area contributed by atoms with Gasteiger partial charge in [-0.1, -0.05) is 0 Å². The molecule has 0 amide bonds. The molecule has 0 aromatic heterocycles. The second-order valence-electron chi connectivity index (χ2n) is 3.07. The summed E-state index contributed by atoms with van der Waals surface area (Å²) < 4.78 is 5.26. The lowest BCUT2D eigenvalue weighted by atomic mass is 10.4. The topological polar surface area (TPSA) is 54.1 Å². The van der Waals surface area contributed by atoms with Gasteiger partial charge in [-0.15, -0.1) is 0 Å². The molecule has 5 nitrogen and oxygen atoms in total. The number of nitrogens with zero attached hydrogens (tertiary/aromatic N) is 3. The Morgan fingerprint density at radius 3 is 2.85 bits per heavy atom. The fraction of sp³-hybridized carbons (Fsp3) is 0.625. The van der Waals surface area contributed by atoms with Crippen molar-refractivity contribution in [1.29, 1.82) is 0 Å². The maximum Gasteiger partial charge on any atom is 0.138 e. The van der Waals surface area contributed by atoms with E-state index in [1.807, 2.05) is 0 Å². The number of hydrogen-bond acceptors (Lipinski definition) is 5. The lowest BCUT2D eigenvalue weighted by Crippen LogP contribution is -2.46. The molecule has 0 atom stereocenters. The zero-order chi connectivity index (χ0) is 9.10. The fourth-order valence-corrected chi connectivity index (χ4v) is 1.48. The molecule has 5 heteroatoms. The first-order valence-electron chi connectivity index (χ1n) is 4.44. The molecule has 0 unspecified atom stereocenters. The third-order valence-electron chi connectivity index (χ3n) is 2.20. The van der Waals surface area contributed by atoms with Crippen molar-refractivity contribution in [3.63, 3.8) is 0 Å². The van der Waals surface area contributed by atoms with Gasteiger partial charge in [-0.05, 0) is 0 Å². The van der Waals surface area contributed by atoms with Crippen LogP contribution in [0.15, 0.2) is 17.0 Å². The van der Waals surface area contributed by atoms with Crippen LogP contribution in [0.25, 0.3) is 0 Å². The molecule has 2 heterocycles. The summed E-state index contributed by atoms with van der Waals surface area (Å²) in [6, 6.07) is 0. The van der Waals surface area contributed by atoms with E-state index in [2.05, 4.69) is 9.89 Å². The number of morpholine rings is 1. The van der Waals surface area contributed by atoms with Crippen LogP contribution in [0.2, 0.25) is 0 Å². The summed E-state index contributed by atoms with van der Waals surface area (Å²) in [7, 11) is 0. The maximum atomic E-state index is 5.80. The van der Waals surface area contributed by atoms with Crippen molar-refractivity contribution in [3.8, 4) is 0 Å². The second kappa shape index (κ2) is 3.76. The average molecular weight is 182 g/mol. The van der Waals surface area contributed by atoms with E-state index in [0.717, 1.165) is 32.1 Å². The molecule has 1 saturated heterocycles. The predicted octanol–water partition coefficient (Wildman–Crippen LogP) is -0.622. The van der Waals surface area contributed by atoms with Crippen molar-refractivity contribution in [3.05, 3.63) is 12.0 Å². The SMILES string of the molecule is NN1CC=NC=C1N1CCOCC1. The van der Waals surface area contributed by atoms with E-state index in [9.17, 15) is 0 Å². The van der Waals surface area contributed by atoms with Crippen LogP contribution in [0.1, 0.15) is 0 Å². The van der Waals surface area contributed by atoms with Crippen LogP contribution < -0.4 is 5.84 Å². The highest BCUT2D eigenvalue weighted by atomic mass is 16.5. The molecule has 0 aromatic rings. The molecular weight excluding hydrogens is 168 g/mol. The first kappa shape index (κ1) is 8.52. The minimum absolute atomic E-state index is 0.684. The largest absolute Gasteiger partial charge is 0.378 e. The Morgan fingerprint density at radius 2 is 2.15 bits per heavy atom. The van der Waals surface area contributed by atoms with Gasteiger partial charge in [-0.3, -0.25) is 10.0 Å². The van der Waals surface area contributed by atoms with Gasteiger partial charge >= 0.3 is 0 Å². The van der Waals surface area contributed by atoms with Crippen LogP contribution in [0, 0.1) is 0 Å². The number of ether oxygens (including phenoxy) is 1. The molecule has 0 saturated carbocycles. The van der Waals surface area contributed by atoms with Crippen LogP contribution in [-0.2, 0) is 4.74 Å². The second-order valence-corrected chi connectivity index (χ2v) is 3.07. The van der Waals surface area contributed by atoms with E-state index in [4.69, 9.17) is 10.6 Å². The van der Waals surface area contributed by atoms with Crippen LogP contribution in [-0.4, -0.2) is 49.0 Å². The van der Waals surface area contributed by atoms with Gasteiger partial charge < -0.3 is 9.64 Å². The number of aliphatic imine (C=N–C) groups is 1. The zero-order valence-electron chi connectivity index (χ0n) is 7.52. The Labute approximate surface area is 77.4 Å². The van der Waals surface area contributed by atoms with Crippen LogP contribution in [0.3, 0.4) is 0 Å². The van der Waals surface area contributed by atoms with E-state index in [0.29, 0.717) is 6.54 Å². The van der Waals surface area contributed by atoms with Crippen molar-refractivity contribution in [2.24, 2.45) is 10.8 Å². The molecule has 0 spiro atoms. The monoisotopic (exact) mass is 182 g/mol. The Hall–Kier alpha value is -1.07. The van der Waals surface area contributed by atoms with Crippen LogP contribution in [0.4, 0.5) is 0 Å². The standard InChI is InChI=1S/C8H14N4O/c9-12-2-1-10-7-8(12)11-3-5-13-6-4-11/h1,7H,2-6,9H2. The summed E-state index contributed by atoms with van der Waals surface area (Å²) >= 11 is 0. The number of rotatable bonds is 1.